The number of hydrogen-bond donors (Lipinski definition) is 5. The zero-order valence-electron chi connectivity index (χ0n) is 15.8. The van der Waals surface area contributed by atoms with E-state index in [1.54, 1.807) is 6.07 Å². The van der Waals surface area contributed by atoms with Gasteiger partial charge in [0.1, 0.15) is 11.5 Å². The van der Waals surface area contributed by atoms with Crippen molar-refractivity contribution >= 4 is 40.9 Å². The lowest BCUT2D eigenvalue weighted by Crippen LogP contribution is -2.22. The van der Waals surface area contributed by atoms with Gasteiger partial charge in [0.15, 0.2) is 10.9 Å². The van der Waals surface area contributed by atoms with Gasteiger partial charge < -0.3 is 25.9 Å². The third-order valence-corrected chi connectivity index (χ3v) is 4.83. The molecule has 0 spiro atoms. The van der Waals surface area contributed by atoms with Crippen LogP contribution in [0.2, 0.25) is 0 Å². The first-order valence-corrected chi connectivity index (χ1v) is 9.46. The molecule has 0 fully saturated rings. The summed E-state index contributed by atoms with van der Waals surface area (Å²) in [6.45, 7) is 0. The molecule has 0 saturated carbocycles. The van der Waals surface area contributed by atoms with Crippen molar-refractivity contribution in [2.24, 2.45) is 5.73 Å². The SMILES string of the molecule is NC(=O)c1[nH]c(Cc2ccc(OC(=O)O)s2)nc1NC(=O)Nc1ccc(C(F)(F)F)cc1. The molecule has 3 rings (SSSR count). The van der Waals surface area contributed by atoms with Crippen molar-refractivity contribution in [2.45, 2.75) is 12.6 Å². The number of nitrogens with one attached hydrogen (secondary N) is 3. The van der Waals surface area contributed by atoms with Crippen LogP contribution >= 0.6 is 11.3 Å². The molecule has 3 aromatic rings. The predicted molar refractivity (Wildman–Crippen MR) is 107 cm³/mol. The lowest BCUT2D eigenvalue weighted by molar-refractivity contribution is -0.137. The summed E-state index contributed by atoms with van der Waals surface area (Å²) in [5.41, 5.74) is 4.31. The number of benzene rings is 1. The summed E-state index contributed by atoms with van der Waals surface area (Å²) in [6, 6.07) is 5.93. The molecule has 0 aliphatic carbocycles. The topological polar surface area (TPSA) is 159 Å². The lowest BCUT2D eigenvalue weighted by atomic mass is 10.2. The predicted octanol–water partition coefficient (Wildman–Crippen LogP) is 3.88. The number of carbonyl (C=O) groups excluding carboxylic acids is 2. The number of ether oxygens (including phenoxy) is 1. The van der Waals surface area contributed by atoms with Crippen LogP contribution < -0.4 is 21.1 Å². The van der Waals surface area contributed by atoms with Crippen LogP contribution in [-0.4, -0.2) is 33.2 Å². The van der Waals surface area contributed by atoms with Gasteiger partial charge in [-0.15, -0.1) is 11.3 Å². The van der Waals surface area contributed by atoms with E-state index in [0.29, 0.717) is 4.88 Å². The fourth-order valence-corrected chi connectivity index (χ4v) is 3.40. The molecule has 6 N–H and O–H groups in total. The zero-order valence-corrected chi connectivity index (χ0v) is 16.6. The second-order valence-corrected chi connectivity index (χ2v) is 7.32. The molecular weight excluding hydrogens is 455 g/mol. The van der Waals surface area contributed by atoms with E-state index >= 15 is 0 Å². The van der Waals surface area contributed by atoms with Crippen LogP contribution in [0.3, 0.4) is 0 Å². The minimum Gasteiger partial charge on any atom is -0.449 e. The number of amides is 3. The average Bonchev–Trinajstić information content (AvgIpc) is 3.27. The summed E-state index contributed by atoms with van der Waals surface area (Å²) in [4.78, 5) is 41.8. The maximum Gasteiger partial charge on any atom is 0.512 e. The molecule has 0 aliphatic rings. The molecule has 0 unspecified atom stereocenters. The number of halogens is 3. The highest BCUT2D eigenvalue weighted by Crippen LogP contribution is 2.30. The van der Waals surface area contributed by atoms with Crippen LogP contribution in [0.25, 0.3) is 0 Å². The van der Waals surface area contributed by atoms with Crippen molar-refractivity contribution in [1.29, 1.82) is 0 Å². The molecular formula is C18H14F3N5O5S. The van der Waals surface area contributed by atoms with Gasteiger partial charge >= 0.3 is 18.4 Å². The van der Waals surface area contributed by atoms with Gasteiger partial charge in [-0.3, -0.25) is 10.1 Å². The molecule has 168 valence electrons. The van der Waals surface area contributed by atoms with Crippen molar-refractivity contribution in [2.75, 3.05) is 10.6 Å². The number of imidazole rings is 1. The van der Waals surface area contributed by atoms with E-state index in [1.807, 2.05) is 0 Å². The zero-order chi connectivity index (χ0) is 23.5. The van der Waals surface area contributed by atoms with Gasteiger partial charge in [-0.2, -0.15) is 13.2 Å². The molecule has 0 radical (unpaired) electrons. The third-order valence-electron chi connectivity index (χ3n) is 3.87. The van der Waals surface area contributed by atoms with Crippen LogP contribution in [0.15, 0.2) is 36.4 Å². The first-order chi connectivity index (χ1) is 15.0. The van der Waals surface area contributed by atoms with Gasteiger partial charge in [0, 0.05) is 17.0 Å². The van der Waals surface area contributed by atoms with E-state index in [-0.39, 0.29) is 34.5 Å². The summed E-state index contributed by atoms with van der Waals surface area (Å²) < 4.78 is 42.4. The molecule has 3 amide bonds. The summed E-state index contributed by atoms with van der Waals surface area (Å²) in [5.74, 6) is -0.850. The van der Waals surface area contributed by atoms with E-state index in [9.17, 15) is 27.6 Å². The number of rotatable bonds is 6. The summed E-state index contributed by atoms with van der Waals surface area (Å²) >= 11 is 1.04. The quantitative estimate of drug-likeness (QED) is 0.345. The Morgan fingerprint density at radius 2 is 1.81 bits per heavy atom. The number of carbonyl (C=O) groups is 3. The summed E-state index contributed by atoms with van der Waals surface area (Å²) in [5, 5.41) is 13.4. The van der Waals surface area contributed by atoms with Gasteiger partial charge in [-0.25, -0.2) is 14.6 Å². The smallest absolute Gasteiger partial charge is 0.449 e. The van der Waals surface area contributed by atoms with Crippen molar-refractivity contribution in [3.05, 3.63) is 58.4 Å². The number of thiophene rings is 1. The van der Waals surface area contributed by atoms with E-state index in [2.05, 4.69) is 25.3 Å². The van der Waals surface area contributed by atoms with Gasteiger partial charge in [0.2, 0.25) is 0 Å². The number of carboxylic acid groups (broad SMARTS) is 1. The Hall–Kier alpha value is -4.07. The van der Waals surface area contributed by atoms with Crippen LogP contribution in [0.5, 0.6) is 5.06 Å². The first-order valence-electron chi connectivity index (χ1n) is 8.64. The number of aromatic amines is 1. The number of nitrogens with two attached hydrogens (primary N) is 1. The fourth-order valence-electron chi connectivity index (χ4n) is 2.55. The van der Waals surface area contributed by atoms with Crippen molar-refractivity contribution in [3.63, 3.8) is 0 Å². The Morgan fingerprint density at radius 3 is 2.41 bits per heavy atom. The second kappa shape index (κ2) is 8.97. The maximum atomic E-state index is 12.6. The van der Waals surface area contributed by atoms with Crippen LogP contribution in [0, 0.1) is 0 Å². The van der Waals surface area contributed by atoms with Gasteiger partial charge in [0.05, 0.1) is 5.56 Å². The molecule has 2 aromatic heterocycles. The molecule has 0 bridgehead atoms. The highest BCUT2D eigenvalue weighted by Gasteiger charge is 2.30. The van der Waals surface area contributed by atoms with Crippen molar-refractivity contribution in [1.82, 2.24) is 9.97 Å². The Balaban J connectivity index is 1.69. The van der Waals surface area contributed by atoms with E-state index in [1.165, 1.54) is 6.07 Å². The van der Waals surface area contributed by atoms with Gasteiger partial charge in [-0.1, -0.05) is 0 Å². The molecule has 1 aromatic carbocycles. The Labute approximate surface area is 181 Å². The van der Waals surface area contributed by atoms with Crippen molar-refractivity contribution in [3.8, 4) is 5.06 Å². The van der Waals surface area contributed by atoms with Crippen LogP contribution in [0.4, 0.5) is 34.3 Å². The van der Waals surface area contributed by atoms with E-state index in [4.69, 9.17) is 10.8 Å². The van der Waals surface area contributed by atoms with Crippen molar-refractivity contribution < 1.29 is 37.4 Å². The molecule has 0 saturated heterocycles. The minimum absolute atomic E-state index is 0.0800. The number of alkyl halides is 3. The van der Waals surface area contributed by atoms with Crippen LogP contribution in [0.1, 0.15) is 26.8 Å². The largest absolute Gasteiger partial charge is 0.512 e. The minimum atomic E-state index is -4.51. The van der Waals surface area contributed by atoms with Gasteiger partial charge in [0.25, 0.3) is 5.91 Å². The molecule has 10 nitrogen and oxygen atoms in total. The molecule has 2 heterocycles. The number of anilines is 2. The average molecular weight is 469 g/mol. The monoisotopic (exact) mass is 469 g/mol. The molecule has 0 aliphatic heterocycles. The number of aromatic nitrogens is 2. The Kier molecular flexibility index (Phi) is 6.34. The number of H-pyrrole nitrogens is 1. The Bertz CT molecular complexity index is 1160. The van der Waals surface area contributed by atoms with Crippen LogP contribution in [-0.2, 0) is 12.6 Å². The molecule has 14 heteroatoms. The first kappa shape index (κ1) is 22.6. The van der Waals surface area contributed by atoms with Gasteiger partial charge in [-0.05, 0) is 36.4 Å². The lowest BCUT2D eigenvalue weighted by Gasteiger charge is -2.09. The highest BCUT2D eigenvalue weighted by molar-refractivity contribution is 7.13. The number of primary amides is 1. The number of hydrogen-bond acceptors (Lipinski definition) is 6. The summed E-state index contributed by atoms with van der Waals surface area (Å²) in [7, 11) is 0. The fraction of sp³-hybridized carbons (Fsp3) is 0.111. The number of urea groups is 1. The second-order valence-electron chi connectivity index (χ2n) is 6.19. The highest BCUT2D eigenvalue weighted by atomic mass is 32.1. The van der Waals surface area contributed by atoms with E-state index < -0.39 is 29.8 Å². The maximum absolute atomic E-state index is 12.6. The normalized spacial score (nSPS) is 11.1. The van der Waals surface area contributed by atoms with E-state index in [0.717, 1.165) is 35.6 Å². The molecule has 32 heavy (non-hydrogen) atoms. The number of nitrogens with zero attached hydrogens (tertiary/aromatic N) is 1. The molecule has 0 atom stereocenters. The standard InChI is InChI=1S/C18H14F3N5O5S/c19-18(20,21)8-1-3-9(4-2-8)23-16(28)26-15-13(14(22)27)24-11(25-15)7-10-5-6-12(32-10)31-17(29)30/h1-6H,7H2,(H2,22,27)(H,24,25)(H,29,30)(H2,23,26,28). The Morgan fingerprint density at radius 1 is 1.12 bits per heavy atom. The third kappa shape index (κ3) is 5.75. The summed E-state index contributed by atoms with van der Waals surface area (Å²) in [6.07, 6.45) is -5.82.